The second-order valence-electron chi connectivity index (χ2n) is 6.92. The van der Waals surface area contributed by atoms with Crippen molar-refractivity contribution in [2.24, 2.45) is 0 Å². The van der Waals surface area contributed by atoms with Crippen LogP contribution in [0, 0.1) is 0 Å². The molecule has 2 aromatic carbocycles. The molecule has 1 fully saturated rings. The zero-order valence-electron chi connectivity index (χ0n) is 16.2. The van der Waals surface area contributed by atoms with Crippen LogP contribution < -0.4 is 15.4 Å². The van der Waals surface area contributed by atoms with Crippen molar-refractivity contribution in [3.8, 4) is 5.75 Å². The quantitative estimate of drug-likeness (QED) is 0.799. The molecule has 0 atom stereocenters. The van der Waals surface area contributed by atoms with Gasteiger partial charge in [0.1, 0.15) is 5.75 Å². The molecule has 28 heavy (non-hydrogen) atoms. The Kier molecular flexibility index (Phi) is 6.89. The van der Waals surface area contributed by atoms with Gasteiger partial charge in [0.05, 0.1) is 13.7 Å². The van der Waals surface area contributed by atoms with Crippen molar-refractivity contribution in [1.29, 1.82) is 0 Å². The number of carbonyl (C=O) groups is 2. The van der Waals surface area contributed by atoms with E-state index in [2.05, 4.69) is 10.6 Å². The van der Waals surface area contributed by atoms with Crippen LogP contribution >= 0.6 is 0 Å². The average Bonchev–Trinajstić information content (AvgIpc) is 3.02. The Labute approximate surface area is 165 Å². The van der Waals surface area contributed by atoms with E-state index in [9.17, 15) is 9.59 Å². The topological polar surface area (TPSA) is 70.7 Å². The van der Waals surface area contributed by atoms with Crippen molar-refractivity contribution in [3.05, 3.63) is 54.1 Å². The molecule has 0 aromatic heterocycles. The van der Waals surface area contributed by atoms with Crippen LogP contribution in [0.25, 0.3) is 0 Å². The zero-order valence-corrected chi connectivity index (χ0v) is 16.2. The summed E-state index contributed by atoms with van der Waals surface area (Å²) < 4.78 is 5.10. The van der Waals surface area contributed by atoms with Crippen molar-refractivity contribution < 1.29 is 14.3 Å². The number of benzene rings is 2. The van der Waals surface area contributed by atoms with Crippen LogP contribution in [-0.4, -0.2) is 43.5 Å². The number of nitrogens with one attached hydrogen (secondary N) is 2. The number of hydrogen-bond donors (Lipinski definition) is 2. The Morgan fingerprint density at radius 1 is 0.964 bits per heavy atom. The van der Waals surface area contributed by atoms with Gasteiger partial charge in [-0.3, -0.25) is 9.59 Å². The second kappa shape index (κ2) is 9.78. The van der Waals surface area contributed by atoms with Crippen LogP contribution in [0.3, 0.4) is 0 Å². The monoisotopic (exact) mass is 381 g/mol. The predicted molar refractivity (Wildman–Crippen MR) is 111 cm³/mol. The molecule has 0 saturated carbocycles. The summed E-state index contributed by atoms with van der Waals surface area (Å²) in [5.74, 6) is 0.643. The molecule has 0 bridgehead atoms. The van der Waals surface area contributed by atoms with E-state index < -0.39 is 0 Å². The first-order valence-electron chi connectivity index (χ1n) is 9.73. The summed E-state index contributed by atoms with van der Waals surface area (Å²) >= 11 is 0. The van der Waals surface area contributed by atoms with Crippen LogP contribution in [0.1, 0.15) is 36.0 Å². The summed E-state index contributed by atoms with van der Waals surface area (Å²) in [6, 6.07) is 14.5. The lowest BCUT2D eigenvalue weighted by Crippen LogP contribution is -2.31. The van der Waals surface area contributed by atoms with Crippen molar-refractivity contribution in [3.63, 3.8) is 0 Å². The number of hydrogen-bond acceptors (Lipinski definition) is 4. The highest BCUT2D eigenvalue weighted by Crippen LogP contribution is 2.17. The number of methoxy groups -OCH3 is 1. The van der Waals surface area contributed by atoms with Crippen molar-refractivity contribution >= 4 is 23.2 Å². The van der Waals surface area contributed by atoms with E-state index in [0.717, 1.165) is 37.4 Å². The normalized spacial score (nSPS) is 14.1. The largest absolute Gasteiger partial charge is 0.497 e. The van der Waals surface area contributed by atoms with Gasteiger partial charge in [-0.2, -0.15) is 0 Å². The van der Waals surface area contributed by atoms with Gasteiger partial charge in [-0.25, -0.2) is 0 Å². The molecule has 0 radical (unpaired) electrons. The minimum absolute atomic E-state index is 0.0632. The van der Waals surface area contributed by atoms with Gasteiger partial charge in [0.2, 0.25) is 5.91 Å². The number of nitrogens with zero attached hydrogens (tertiary/aromatic N) is 1. The third-order valence-corrected chi connectivity index (χ3v) is 4.83. The van der Waals surface area contributed by atoms with Crippen molar-refractivity contribution in [2.45, 2.75) is 25.7 Å². The Hall–Kier alpha value is -3.02. The highest BCUT2D eigenvalue weighted by Gasteiger charge is 2.17. The maximum atomic E-state index is 12.7. The maximum Gasteiger partial charge on any atom is 0.253 e. The molecule has 148 valence electrons. The van der Waals surface area contributed by atoms with Gasteiger partial charge in [0, 0.05) is 30.0 Å². The fourth-order valence-electron chi connectivity index (χ4n) is 3.28. The number of rotatable bonds is 6. The Balaban J connectivity index is 1.54. The third kappa shape index (κ3) is 5.49. The highest BCUT2D eigenvalue weighted by molar-refractivity contribution is 5.96. The van der Waals surface area contributed by atoms with Crippen LogP contribution in [0.4, 0.5) is 11.4 Å². The number of carbonyl (C=O) groups excluding carboxylic acids is 2. The van der Waals surface area contributed by atoms with Gasteiger partial charge in [-0.05, 0) is 55.3 Å². The molecule has 1 saturated heterocycles. The summed E-state index contributed by atoms with van der Waals surface area (Å²) in [4.78, 5) is 26.8. The van der Waals surface area contributed by atoms with E-state index in [1.54, 1.807) is 31.4 Å². The molecule has 2 amide bonds. The molecule has 0 aliphatic carbocycles. The van der Waals surface area contributed by atoms with Crippen LogP contribution in [0.5, 0.6) is 5.75 Å². The summed E-state index contributed by atoms with van der Waals surface area (Å²) in [6.45, 7) is 1.76. The molecule has 1 aliphatic heterocycles. The van der Waals surface area contributed by atoms with Gasteiger partial charge in [-0.1, -0.05) is 18.9 Å². The fraction of sp³-hybridized carbons (Fsp3) is 0.364. The summed E-state index contributed by atoms with van der Waals surface area (Å²) in [5, 5.41) is 5.92. The van der Waals surface area contributed by atoms with E-state index in [4.69, 9.17) is 4.74 Å². The lowest BCUT2D eigenvalue weighted by atomic mass is 10.1. The molecule has 3 rings (SSSR count). The zero-order chi connectivity index (χ0) is 19.8. The van der Waals surface area contributed by atoms with E-state index in [-0.39, 0.29) is 18.4 Å². The van der Waals surface area contributed by atoms with Crippen LogP contribution in [0.15, 0.2) is 48.5 Å². The third-order valence-electron chi connectivity index (χ3n) is 4.83. The van der Waals surface area contributed by atoms with E-state index in [1.807, 2.05) is 29.2 Å². The lowest BCUT2D eigenvalue weighted by Gasteiger charge is -2.20. The van der Waals surface area contributed by atoms with Crippen molar-refractivity contribution in [1.82, 2.24) is 4.90 Å². The molecule has 2 N–H and O–H groups in total. The van der Waals surface area contributed by atoms with E-state index in [0.29, 0.717) is 11.3 Å². The number of ether oxygens (including phenoxy) is 1. The number of likely N-dealkylation sites (tertiary alicyclic amines) is 1. The molecule has 0 unspecified atom stereocenters. The van der Waals surface area contributed by atoms with Gasteiger partial charge in [-0.15, -0.1) is 0 Å². The van der Waals surface area contributed by atoms with E-state index >= 15 is 0 Å². The standard InChI is InChI=1S/C22H27N3O3/c1-28-20-11-9-18(10-12-20)24-21(26)16-23-19-8-6-7-17(15-19)22(27)25-13-4-2-3-5-14-25/h6-12,15,23H,2-5,13-14,16H2,1H3,(H,24,26). The van der Waals surface area contributed by atoms with E-state index in [1.165, 1.54) is 12.8 Å². The number of anilines is 2. The predicted octanol–water partition coefficient (Wildman–Crippen LogP) is 3.76. The fourth-order valence-corrected chi connectivity index (χ4v) is 3.28. The molecule has 1 heterocycles. The van der Waals surface area contributed by atoms with Crippen molar-refractivity contribution in [2.75, 3.05) is 37.4 Å². The van der Waals surface area contributed by atoms with Gasteiger partial charge < -0.3 is 20.3 Å². The number of amides is 2. The molecule has 1 aliphatic rings. The second-order valence-corrected chi connectivity index (χ2v) is 6.92. The SMILES string of the molecule is COc1ccc(NC(=O)CNc2cccc(C(=O)N3CCCCCC3)c2)cc1. The Morgan fingerprint density at radius 3 is 2.36 bits per heavy atom. The van der Waals surface area contributed by atoms with Crippen LogP contribution in [-0.2, 0) is 4.79 Å². The minimum Gasteiger partial charge on any atom is -0.497 e. The van der Waals surface area contributed by atoms with Gasteiger partial charge in [0.25, 0.3) is 5.91 Å². The molecule has 6 heteroatoms. The minimum atomic E-state index is -0.158. The summed E-state index contributed by atoms with van der Waals surface area (Å²) in [5.41, 5.74) is 2.12. The summed E-state index contributed by atoms with van der Waals surface area (Å²) in [6.07, 6.45) is 4.51. The molecule has 6 nitrogen and oxygen atoms in total. The first-order chi connectivity index (χ1) is 13.7. The molecular formula is C22H27N3O3. The highest BCUT2D eigenvalue weighted by atomic mass is 16.5. The molecular weight excluding hydrogens is 354 g/mol. The van der Waals surface area contributed by atoms with Gasteiger partial charge >= 0.3 is 0 Å². The summed E-state index contributed by atoms with van der Waals surface area (Å²) in [7, 11) is 1.60. The Bertz CT molecular complexity index is 797. The average molecular weight is 381 g/mol. The first-order valence-corrected chi connectivity index (χ1v) is 9.73. The smallest absolute Gasteiger partial charge is 0.253 e. The molecule has 2 aromatic rings. The lowest BCUT2D eigenvalue weighted by molar-refractivity contribution is -0.114. The van der Waals surface area contributed by atoms with Gasteiger partial charge in [0.15, 0.2) is 0 Å². The van der Waals surface area contributed by atoms with Crippen LogP contribution in [0.2, 0.25) is 0 Å². The molecule has 0 spiro atoms. The maximum absolute atomic E-state index is 12.7. The Morgan fingerprint density at radius 2 is 1.68 bits per heavy atom. The first kappa shape index (κ1) is 19.7.